The highest BCUT2D eigenvalue weighted by atomic mass is 35.5. The van der Waals surface area contributed by atoms with Gasteiger partial charge in [-0.15, -0.1) is 0 Å². The number of halogens is 1. The molecule has 0 radical (unpaired) electrons. The third-order valence-electron chi connectivity index (χ3n) is 4.29. The minimum atomic E-state index is -3.56. The van der Waals surface area contributed by atoms with Crippen LogP contribution in [0, 0.1) is 0 Å². The molecule has 158 valence electrons. The van der Waals surface area contributed by atoms with E-state index in [2.05, 4.69) is 19.2 Å². The van der Waals surface area contributed by atoms with Gasteiger partial charge in [-0.25, -0.2) is 8.42 Å². The van der Waals surface area contributed by atoms with Crippen molar-refractivity contribution in [1.29, 1.82) is 0 Å². The monoisotopic (exact) mass is 454 g/mol. The minimum Gasteiger partial charge on any atom is -0.354 e. The molecule has 5 nitrogen and oxygen atoms in total. The second-order valence-electron chi connectivity index (χ2n) is 7.04. The number of carbonyl (C=O) groups is 1. The average Bonchev–Trinajstić information content (AvgIpc) is 2.66. The standard InChI is InChI=1S/C21H27ClN2O3S2/c1-16(2)18-6-10-20(11-7-18)24(29(3,26)27)14-21(25)23-12-13-28-15-17-4-8-19(22)9-5-17/h4-11,16H,12-15H2,1-3H3,(H,23,25). The van der Waals surface area contributed by atoms with Gasteiger partial charge >= 0.3 is 0 Å². The SMILES string of the molecule is CC(C)c1ccc(N(CC(=O)NCCSCc2ccc(Cl)cc2)S(C)(=O)=O)cc1. The molecule has 0 atom stereocenters. The Labute approximate surface area is 182 Å². The van der Waals surface area contributed by atoms with Crippen molar-refractivity contribution in [2.75, 3.05) is 29.4 Å². The second-order valence-corrected chi connectivity index (χ2v) is 10.5. The Bertz CT molecular complexity index is 899. The molecule has 1 amide bonds. The van der Waals surface area contributed by atoms with Crippen LogP contribution in [0.25, 0.3) is 0 Å². The number of carbonyl (C=O) groups excluding carboxylic acids is 1. The van der Waals surface area contributed by atoms with Crippen molar-refractivity contribution in [3.05, 3.63) is 64.7 Å². The molecule has 8 heteroatoms. The van der Waals surface area contributed by atoms with Crippen LogP contribution in [0.15, 0.2) is 48.5 Å². The average molecular weight is 455 g/mol. The highest BCUT2D eigenvalue weighted by Crippen LogP contribution is 2.22. The Kier molecular flexibility index (Phi) is 8.86. The topological polar surface area (TPSA) is 66.5 Å². The predicted molar refractivity (Wildman–Crippen MR) is 123 cm³/mol. The summed E-state index contributed by atoms with van der Waals surface area (Å²) in [5, 5.41) is 3.50. The van der Waals surface area contributed by atoms with E-state index in [-0.39, 0.29) is 12.5 Å². The molecule has 2 aromatic carbocycles. The van der Waals surface area contributed by atoms with Gasteiger partial charge in [0.1, 0.15) is 6.54 Å². The van der Waals surface area contributed by atoms with E-state index in [1.54, 1.807) is 23.9 Å². The number of anilines is 1. The first-order valence-corrected chi connectivity index (χ1v) is 12.7. The molecule has 0 unspecified atom stereocenters. The lowest BCUT2D eigenvalue weighted by atomic mass is 10.0. The number of amides is 1. The summed E-state index contributed by atoms with van der Waals surface area (Å²) in [6, 6.07) is 14.9. The fourth-order valence-corrected chi connectivity index (χ4v) is 4.45. The maximum Gasteiger partial charge on any atom is 0.240 e. The number of nitrogens with zero attached hydrogens (tertiary/aromatic N) is 1. The van der Waals surface area contributed by atoms with Crippen molar-refractivity contribution in [3.8, 4) is 0 Å². The molecule has 2 aromatic rings. The van der Waals surface area contributed by atoms with Gasteiger partial charge in [-0.05, 0) is 41.3 Å². The number of hydrogen-bond acceptors (Lipinski definition) is 4. The van der Waals surface area contributed by atoms with E-state index in [9.17, 15) is 13.2 Å². The van der Waals surface area contributed by atoms with E-state index in [0.29, 0.717) is 23.2 Å². The van der Waals surface area contributed by atoms with Crippen molar-refractivity contribution in [1.82, 2.24) is 5.32 Å². The molecular formula is C21H27ClN2O3S2. The highest BCUT2D eigenvalue weighted by molar-refractivity contribution is 7.98. The van der Waals surface area contributed by atoms with E-state index in [4.69, 9.17) is 11.6 Å². The molecule has 0 saturated carbocycles. The van der Waals surface area contributed by atoms with Gasteiger partial charge in [-0.3, -0.25) is 9.10 Å². The van der Waals surface area contributed by atoms with Crippen molar-refractivity contribution in [2.45, 2.75) is 25.5 Å². The van der Waals surface area contributed by atoms with Crippen LogP contribution in [0.4, 0.5) is 5.69 Å². The number of rotatable bonds is 10. The number of hydrogen-bond donors (Lipinski definition) is 1. The molecule has 0 bridgehead atoms. The first-order chi connectivity index (χ1) is 13.7. The van der Waals surface area contributed by atoms with Gasteiger partial charge in [0.25, 0.3) is 0 Å². The summed E-state index contributed by atoms with van der Waals surface area (Å²) in [5.41, 5.74) is 2.77. The third-order valence-corrected chi connectivity index (χ3v) is 6.71. The van der Waals surface area contributed by atoms with Crippen LogP contribution in [-0.4, -0.2) is 39.4 Å². The summed E-state index contributed by atoms with van der Waals surface area (Å²) in [7, 11) is -3.56. The van der Waals surface area contributed by atoms with Crippen molar-refractivity contribution in [2.24, 2.45) is 0 Å². The molecule has 29 heavy (non-hydrogen) atoms. The Balaban J connectivity index is 1.84. The zero-order valence-corrected chi connectivity index (χ0v) is 19.3. The zero-order chi connectivity index (χ0) is 21.4. The van der Waals surface area contributed by atoms with Gasteiger partial charge < -0.3 is 5.32 Å². The van der Waals surface area contributed by atoms with Gasteiger partial charge in [-0.2, -0.15) is 11.8 Å². The van der Waals surface area contributed by atoms with Crippen molar-refractivity contribution >= 4 is 45.0 Å². The van der Waals surface area contributed by atoms with E-state index >= 15 is 0 Å². The number of benzene rings is 2. The van der Waals surface area contributed by atoms with Gasteiger partial charge in [-0.1, -0.05) is 49.7 Å². The van der Waals surface area contributed by atoms with Crippen LogP contribution in [0.1, 0.15) is 30.9 Å². The summed E-state index contributed by atoms with van der Waals surface area (Å²) >= 11 is 7.56. The third kappa shape index (κ3) is 7.91. The maximum atomic E-state index is 12.3. The molecule has 0 aliphatic carbocycles. The van der Waals surface area contributed by atoms with E-state index in [1.165, 1.54) is 5.56 Å². The Hall–Kier alpha value is -1.70. The fourth-order valence-electron chi connectivity index (χ4n) is 2.65. The van der Waals surface area contributed by atoms with Gasteiger partial charge in [0, 0.05) is 23.1 Å². The minimum absolute atomic E-state index is 0.234. The molecular weight excluding hydrogens is 428 g/mol. The van der Waals surface area contributed by atoms with Crippen molar-refractivity contribution < 1.29 is 13.2 Å². The largest absolute Gasteiger partial charge is 0.354 e. The molecule has 0 saturated heterocycles. The van der Waals surface area contributed by atoms with E-state index < -0.39 is 10.0 Å². The molecule has 2 rings (SSSR count). The lowest BCUT2D eigenvalue weighted by Gasteiger charge is -2.22. The highest BCUT2D eigenvalue weighted by Gasteiger charge is 2.20. The number of sulfonamides is 1. The zero-order valence-electron chi connectivity index (χ0n) is 16.9. The smallest absolute Gasteiger partial charge is 0.240 e. The lowest BCUT2D eigenvalue weighted by molar-refractivity contribution is -0.119. The van der Waals surface area contributed by atoms with Crippen molar-refractivity contribution in [3.63, 3.8) is 0 Å². The normalized spacial score (nSPS) is 11.5. The Morgan fingerprint density at radius 3 is 2.28 bits per heavy atom. The molecule has 0 spiro atoms. The van der Waals surface area contributed by atoms with Crippen LogP contribution in [0.2, 0.25) is 5.02 Å². The fraction of sp³-hybridized carbons (Fsp3) is 0.381. The van der Waals surface area contributed by atoms with E-state index in [1.807, 2.05) is 36.4 Å². The van der Waals surface area contributed by atoms with Crippen LogP contribution in [-0.2, 0) is 20.6 Å². The summed E-state index contributed by atoms with van der Waals surface area (Å²) in [6.07, 6.45) is 1.11. The van der Waals surface area contributed by atoms with Crippen LogP contribution >= 0.6 is 23.4 Å². The summed E-state index contributed by atoms with van der Waals surface area (Å²) in [5.74, 6) is 1.58. The second kappa shape index (κ2) is 10.9. The molecule has 0 aliphatic heterocycles. The van der Waals surface area contributed by atoms with Gasteiger partial charge in [0.05, 0.1) is 11.9 Å². The first kappa shape index (κ1) is 23.6. The van der Waals surface area contributed by atoms with Crippen LogP contribution in [0.5, 0.6) is 0 Å². The molecule has 0 fully saturated rings. The van der Waals surface area contributed by atoms with Crippen LogP contribution < -0.4 is 9.62 Å². The van der Waals surface area contributed by atoms with Crippen LogP contribution in [0.3, 0.4) is 0 Å². The molecule has 0 heterocycles. The summed E-state index contributed by atoms with van der Waals surface area (Å²) < 4.78 is 25.5. The summed E-state index contributed by atoms with van der Waals surface area (Å²) in [4.78, 5) is 12.3. The number of nitrogens with one attached hydrogen (secondary N) is 1. The lowest BCUT2D eigenvalue weighted by Crippen LogP contribution is -2.41. The quantitative estimate of drug-likeness (QED) is 0.544. The molecule has 1 N–H and O–H groups in total. The van der Waals surface area contributed by atoms with E-state index in [0.717, 1.165) is 27.6 Å². The Morgan fingerprint density at radius 1 is 1.10 bits per heavy atom. The predicted octanol–water partition coefficient (Wildman–Crippen LogP) is 4.28. The Morgan fingerprint density at radius 2 is 1.72 bits per heavy atom. The van der Waals surface area contributed by atoms with Gasteiger partial charge in [0.2, 0.25) is 15.9 Å². The summed E-state index contributed by atoms with van der Waals surface area (Å²) in [6.45, 7) is 4.38. The number of thioether (sulfide) groups is 1. The molecule has 0 aliphatic rings. The maximum absolute atomic E-state index is 12.3. The first-order valence-electron chi connectivity index (χ1n) is 9.33. The molecule has 0 aromatic heterocycles. The van der Waals surface area contributed by atoms with Gasteiger partial charge in [0.15, 0.2) is 0 Å².